The van der Waals surface area contributed by atoms with Crippen molar-refractivity contribution in [2.75, 3.05) is 0 Å². The van der Waals surface area contributed by atoms with Gasteiger partial charge in [0.05, 0.1) is 5.56 Å². The molecule has 0 aliphatic heterocycles. The van der Waals surface area contributed by atoms with Crippen LogP contribution in [-0.4, -0.2) is 5.94 Å². The minimum atomic E-state index is -4.40. The molecule has 0 unspecified atom stereocenters. The molecular weight excluding hydrogens is 277 g/mol. The van der Waals surface area contributed by atoms with E-state index in [1.54, 1.807) is 30.2 Å². The van der Waals surface area contributed by atoms with E-state index in [9.17, 15) is 18.0 Å². The second-order valence-electron chi connectivity index (χ2n) is 4.17. The van der Waals surface area contributed by atoms with Crippen molar-refractivity contribution in [1.29, 1.82) is 0 Å². The maximum atomic E-state index is 12.5. The van der Waals surface area contributed by atoms with E-state index in [1.807, 2.05) is 6.07 Å². The predicted octanol–water partition coefficient (Wildman–Crippen LogP) is 3.97. The van der Waals surface area contributed by atoms with Crippen LogP contribution in [0.25, 0.3) is 5.57 Å². The quantitative estimate of drug-likeness (QED) is 0.572. The molecule has 2 aromatic carbocycles. The van der Waals surface area contributed by atoms with Gasteiger partial charge in [-0.25, -0.2) is 4.79 Å². The maximum absolute atomic E-state index is 12.5. The van der Waals surface area contributed by atoms with Gasteiger partial charge < -0.3 is 0 Å². The van der Waals surface area contributed by atoms with Gasteiger partial charge in [-0.2, -0.15) is 13.2 Å². The second-order valence-corrected chi connectivity index (χ2v) is 4.17. The molecular formula is C17H9F3O. The molecule has 0 radical (unpaired) electrons. The molecule has 0 saturated heterocycles. The minimum absolute atomic E-state index is 0.0209. The Bertz CT molecular complexity index is 726. The molecule has 0 aliphatic rings. The molecule has 0 spiro atoms. The van der Waals surface area contributed by atoms with Gasteiger partial charge in [-0.15, -0.1) is 0 Å². The summed E-state index contributed by atoms with van der Waals surface area (Å²) in [5.41, 5.74) is 0.263. The number of halogens is 3. The summed E-state index contributed by atoms with van der Waals surface area (Å²) in [7, 11) is 0. The Hall–Kier alpha value is -2.76. The van der Waals surface area contributed by atoms with Crippen molar-refractivity contribution in [3.05, 3.63) is 71.3 Å². The van der Waals surface area contributed by atoms with Crippen LogP contribution in [0.15, 0.2) is 54.6 Å². The van der Waals surface area contributed by atoms with Gasteiger partial charge in [-0.1, -0.05) is 36.3 Å². The van der Waals surface area contributed by atoms with Crippen LogP contribution in [0.4, 0.5) is 13.2 Å². The summed E-state index contributed by atoms with van der Waals surface area (Å²) < 4.78 is 37.4. The molecule has 0 saturated carbocycles. The van der Waals surface area contributed by atoms with Crippen LogP contribution in [-0.2, 0) is 11.0 Å². The Morgan fingerprint density at radius 1 is 0.905 bits per heavy atom. The fourth-order valence-electron chi connectivity index (χ4n) is 1.64. The van der Waals surface area contributed by atoms with Gasteiger partial charge in [0.2, 0.25) is 0 Å². The summed E-state index contributed by atoms with van der Waals surface area (Å²) in [6.07, 6.45) is -4.40. The van der Waals surface area contributed by atoms with Gasteiger partial charge in [-0.05, 0) is 30.2 Å². The highest BCUT2D eigenvalue weighted by atomic mass is 19.4. The summed E-state index contributed by atoms with van der Waals surface area (Å²) in [5, 5.41) is 0. The van der Waals surface area contributed by atoms with E-state index in [-0.39, 0.29) is 5.57 Å². The predicted molar refractivity (Wildman–Crippen MR) is 73.9 cm³/mol. The smallest absolute Gasteiger partial charge is 0.232 e. The van der Waals surface area contributed by atoms with E-state index >= 15 is 0 Å². The fraction of sp³-hybridized carbons (Fsp3) is 0.0588. The van der Waals surface area contributed by atoms with Gasteiger partial charge in [0.25, 0.3) is 0 Å². The van der Waals surface area contributed by atoms with E-state index in [0.29, 0.717) is 11.1 Å². The molecule has 0 heterocycles. The lowest BCUT2D eigenvalue weighted by Crippen LogP contribution is -2.04. The van der Waals surface area contributed by atoms with Crippen molar-refractivity contribution in [3.63, 3.8) is 0 Å². The van der Waals surface area contributed by atoms with Crippen LogP contribution in [0, 0.1) is 11.8 Å². The number of hydrogen-bond donors (Lipinski definition) is 0. The van der Waals surface area contributed by atoms with Gasteiger partial charge in [0.1, 0.15) is 11.5 Å². The second kappa shape index (κ2) is 6.13. The Morgan fingerprint density at radius 2 is 1.52 bits per heavy atom. The molecule has 0 atom stereocenters. The van der Waals surface area contributed by atoms with Gasteiger partial charge >= 0.3 is 6.18 Å². The number of allylic oxidation sites excluding steroid dienone is 1. The van der Waals surface area contributed by atoms with Gasteiger partial charge in [-0.3, -0.25) is 0 Å². The summed E-state index contributed by atoms with van der Waals surface area (Å²) in [6.45, 7) is 0. The van der Waals surface area contributed by atoms with E-state index in [0.717, 1.165) is 12.1 Å². The Balaban J connectivity index is 2.28. The molecule has 0 aromatic heterocycles. The number of carbonyl (C=O) groups excluding carboxylic acids is 1. The van der Waals surface area contributed by atoms with Crippen molar-refractivity contribution >= 4 is 11.5 Å². The molecule has 104 valence electrons. The van der Waals surface area contributed by atoms with Crippen LogP contribution < -0.4 is 0 Å². The zero-order chi connectivity index (χ0) is 15.3. The normalized spacial score (nSPS) is 10.2. The zero-order valence-corrected chi connectivity index (χ0v) is 10.7. The summed E-state index contributed by atoms with van der Waals surface area (Å²) >= 11 is 0. The first kappa shape index (κ1) is 14.6. The zero-order valence-electron chi connectivity index (χ0n) is 10.7. The van der Waals surface area contributed by atoms with E-state index < -0.39 is 11.7 Å². The Kier molecular flexibility index (Phi) is 4.27. The van der Waals surface area contributed by atoms with Crippen LogP contribution in [0.3, 0.4) is 0 Å². The minimum Gasteiger partial charge on any atom is -0.232 e. The van der Waals surface area contributed by atoms with Gasteiger partial charge in [0, 0.05) is 11.1 Å². The molecule has 0 fully saturated rings. The monoisotopic (exact) mass is 286 g/mol. The van der Waals surface area contributed by atoms with E-state index in [2.05, 4.69) is 11.8 Å². The Labute approximate surface area is 119 Å². The van der Waals surface area contributed by atoms with Crippen LogP contribution >= 0.6 is 0 Å². The molecule has 0 bridgehead atoms. The lowest BCUT2D eigenvalue weighted by atomic mass is 10.0. The number of alkyl halides is 3. The molecule has 21 heavy (non-hydrogen) atoms. The summed E-state index contributed by atoms with van der Waals surface area (Å²) in [5.74, 6) is 7.05. The molecule has 2 aromatic rings. The third-order valence-electron chi connectivity index (χ3n) is 2.71. The van der Waals surface area contributed by atoms with Crippen LogP contribution in [0.1, 0.15) is 16.7 Å². The topological polar surface area (TPSA) is 17.1 Å². The molecule has 0 amide bonds. The highest BCUT2D eigenvalue weighted by molar-refractivity contribution is 5.97. The molecule has 0 aliphatic carbocycles. The summed E-state index contributed by atoms with van der Waals surface area (Å²) in [4.78, 5) is 10.9. The van der Waals surface area contributed by atoms with Crippen LogP contribution in [0.2, 0.25) is 0 Å². The van der Waals surface area contributed by atoms with Crippen LogP contribution in [0.5, 0.6) is 0 Å². The third-order valence-corrected chi connectivity index (χ3v) is 2.71. The molecule has 0 N–H and O–H groups in total. The number of benzene rings is 2. The maximum Gasteiger partial charge on any atom is 0.416 e. The highest BCUT2D eigenvalue weighted by Gasteiger charge is 2.29. The first-order valence-electron chi connectivity index (χ1n) is 6.00. The lowest BCUT2D eigenvalue weighted by Gasteiger charge is -2.06. The molecule has 2 rings (SSSR count). The lowest BCUT2D eigenvalue weighted by molar-refractivity contribution is -0.137. The average Bonchev–Trinajstić information content (AvgIpc) is 2.48. The van der Waals surface area contributed by atoms with Crippen molar-refractivity contribution in [3.8, 4) is 11.8 Å². The summed E-state index contributed by atoms with van der Waals surface area (Å²) in [6, 6.07) is 13.2. The van der Waals surface area contributed by atoms with Crippen molar-refractivity contribution < 1.29 is 18.0 Å². The Morgan fingerprint density at radius 3 is 2.05 bits per heavy atom. The highest BCUT2D eigenvalue weighted by Crippen LogP contribution is 2.29. The first-order chi connectivity index (χ1) is 10.0. The first-order valence-corrected chi connectivity index (χ1v) is 6.00. The standard InChI is InChI=1S/C17H9F3O/c18-17(19,20)16-10-8-14(9-11-16)15(12-21)7-6-13-4-2-1-3-5-13/h1-5,8-11H. The molecule has 4 heteroatoms. The average molecular weight is 286 g/mol. The SMILES string of the molecule is O=C=C(C#Cc1ccccc1)c1ccc(C(F)(F)F)cc1. The molecule has 1 nitrogen and oxygen atoms in total. The van der Waals surface area contributed by atoms with E-state index in [1.165, 1.54) is 12.1 Å². The van der Waals surface area contributed by atoms with Crippen molar-refractivity contribution in [2.45, 2.75) is 6.18 Å². The van der Waals surface area contributed by atoms with Crippen molar-refractivity contribution in [1.82, 2.24) is 0 Å². The van der Waals surface area contributed by atoms with Crippen molar-refractivity contribution in [2.24, 2.45) is 0 Å². The largest absolute Gasteiger partial charge is 0.416 e. The third kappa shape index (κ3) is 3.85. The number of rotatable bonds is 1. The van der Waals surface area contributed by atoms with E-state index in [4.69, 9.17) is 0 Å². The van der Waals surface area contributed by atoms with Gasteiger partial charge in [0.15, 0.2) is 0 Å². The fourth-order valence-corrected chi connectivity index (χ4v) is 1.64. The number of hydrogen-bond acceptors (Lipinski definition) is 1.